The highest BCUT2D eigenvalue weighted by Gasteiger charge is 2.36. The Morgan fingerprint density at radius 1 is 1.05 bits per heavy atom. The predicted octanol–water partition coefficient (Wildman–Crippen LogP) is 7.64. The molecule has 4 heterocycles. The van der Waals surface area contributed by atoms with E-state index < -0.39 is 22.8 Å². The van der Waals surface area contributed by atoms with Crippen LogP contribution in [0.4, 0.5) is 15.4 Å². The Balaban J connectivity index is 1.58. The standard InChI is InChI=1S/C30H36Cl2N6O4/c1-28(2,3)41-26(39)36-13-8-11-30(7,17-36)35-24-25-33-12-14-37(25)23(32)22(34-24)20-16-38(27(40)42-29(4,5)6)21-15-18(31)9-10-19(20)21/h9-10,12,14-16H,8,11,13,17H2,1-7H3,(H,34,35)/t30-/m1/s1. The maximum absolute atomic E-state index is 13.2. The van der Waals surface area contributed by atoms with Crippen molar-refractivity contribution in [3.05, 3.63) is 47.0 Å². The van der Waals surface area contributed by atoms with E-state index in [2.05, 4.69) is 17.2 Å². The van der Waals surface area contributed by atoms with Crippen molar-refractivity contribution < 1.29 is 19.1 Å². The molecule has 10 nitrogen and oxygen atoms in total. The van der Waals surface area contributed by atoms with Crippen molar-refractivity contribution in [2.45, 2.75) is 78.0 Å². The van der Waals surface area contributed by atoms with Crippen molar-refractivity contribution >= 4 is 57.8 Å². The number of amides is 1. The van der Waals surface area contributed by atoms with Gasteiger partial charge in [0, 0.05) is 47.7 Å². The number of carbonyl (C=O) groups is 2. The highest BCUT2D eigenvalue weighted by Crippen LogP contribution is 2.38. The van der Waals surface area contributed by atoms with Crippen LogP contribution in [0.3, 0.4) is 0 Å². The van der Waals surface area contributed by atoms with E-state index in [1.165, 1.54) is 4.57 Å². The highest BCUT2D eigenvalue weighted by atomic mass is 35.5. The molecule has 1 amide bonds. The normalized spacial score (nSPS) is 18.0. The zero-order valence-electron chi connectivity index (χ0n) is 24.9. The van der Waals surface area contributed by atoms with Crippen LogP contribution >= 0.6 is 23.2 Å². The van der Waals surface area contributed by atoms with Crippen molar-refractivity contribution in [2.24, 2.45) is 0 Å². The molecule has 0 unspecified atom stereocenters. The molecule has 1 aliphatic rings. The van der Waals surface area contributed by atoms with Crippen molar-refractivity contribution in [3.8, 4) is 11.3 Å². The van der Waals surface area contributed by atoms with Crippen LogP contribution in [0.1, 0.15) is 61.3 Å². The summed E-state index contributed by atoms with van der Waals surface area (Å²) in [6, 6.07) is 5.30. The molecule has 1 aliphatic heterocycles. The van der Waals surface area contributed by atoms with Gasteiger partial charge in [0.25, 0.3) is 0 Å². The predicted molar refractivity (Wildman–Crippen MR) is 165 cm³/mol. The van der Waals surface area contributed by atoms with Crippen LogP contribution in [0.25, 0.3) is 27.8 Å². The molecule has 3 aromatic heterocycles. The summed E-state index contributed by atoms with van der Waals surface area (Å²) in [5.41, 5.74) is 0.379. The summed E-state index contributed by atoms with van der Waals surface area (Å²) in [5.74, 6) is 0.500. The van der Waals surface area contributed by atoms with Gasteiger partial charge in [0.2, 0.25) is 0 Å². The lowest BCUT2D eigenvalue weighted by Gasteiger charge is -2.41. The zero-order chi connectivity index (χ0) is 30.6. The number of halogens is 2. The Morgan fingerprint density at radius 2 is 1.74 bits per heavy atom. The van der Waals surface area contributed by atoms with Crippen molar-refractivity contribution in [1.29, 1.82) is 0 Å². The number of carbonyl (C=O) groups excluding carboxylic acids is 2. The second-order valence-electron chi connectivity index (χ2n) is 13.0. The first kappa shape index (κ1) is 30.0. The minimum Gasteiger partial charge on any atom is -0.444 e. The van der Waals surface area contributed by atoms with E-state index in [1.54, 1.807) is 40.0 Å². The van der Waals surface area contributed by atoms with Gasteiger partial charge >= 0.3 is 12.2 Å². The fraction of sp³-hybridized carbons (Fsp3) is 0.467. The van der Waals surface area contributed by atoms with Crippen molar-refractivity contribution in [3.63, 3.8) is 0 Å². The summed E-state index contributed by atoms with van der Waals surface area (Å²) in [6.07, 6.45) is 5.78. The van der Waals surface area contributed by atoms with Crippen LogP contribution in [0.5, 0.6) is 0 Å². The number of imidazole rings is 1. The van der Waals surface area contributed by atoms with E-state index in [0.29, 0.717) is 51.5 Å². The first-order valence-electron chi connectivity index (χ1n) is 13.9. The monoisotopic (exact) mass is 614 g/mol. The minimum absolute atomic E-state index is 0.329. The molecule has 1 saturated heterocycles. The number of nitrogens with one attached hydrogen (secondary N) is 1. The first-order chi connectivity index (χ1) is 19.5. The summed E-state index contributed by atoms with van der Waals surface area (Å²) in [5, 5.41) is 5.10. The van der Waals surface area contributed by atoms with Gasteiger partial charge < -0.3 is 19.7 Å². The average molecular weight is 616 g/mol. The molecule has 0 aliphatic carbocycles. The second kappa shape index (κ2) is 10.6. The summed E-state index contributed by atoms with van der Waals surface area (Å²) >= 11 is 13.3. The van der Waals surface area contributed by atoms with Gasteiger partial charge in [-0.25, -0.2) is 19.6 Å². The molecule has 224 valence electrons. The zero-order valence-corrected chi connectivity index (χ0v) is 26.4. The second-order valence-corrected chi connectivity index (χ2v) is 13.8. The lowest BCUT2D eigenvalue weighted by atomic mass is 9.91. The molecular formula is C30H36Cl2N6O4. The molecule has 1 fully saturated rings. The van der Waals surface area contributed by atoms with Crippen LogP contribution in [-0.2, 0) is 9.47 Å². The molecule has 4 aromatic rings. The third-order valence-corrected chi connectivity index (χ3v) is 7.46. The lowest BCUT2D eigenvalue weighted by Crippen LogP contribution is -2.53. The molecule has 0 radical (unpaired) electrons. The van der Waals surface area contributed by atoms with Crippen LogP contribution in [0.2, 0.25) is 10.2 Å². The Hall–Kier alpha value is -3.50. The Labute approximate surface area is 254 Å². The Bertz CT molecular complexity index is 1680. The minimum atomic E-state index is -0.697. The van der Waals surface area contributed by atoms with E-state index in [1.807, 2.05) is 47.6 Å². The molecule has 12 heteroatoms. The number of hydrogen-bond donors (Lipinski definition) is 1. The summed E-state index contributed by atoms with van der Waals surface area (Å²) < 4.78 is 14.5. The van der Waals surface area contributed by atoms with E-state index in [0.717, 1.165) is 18.2 Å². The molecule has 1 atom stereocenters. The van der Waals surface area contributed by atoms with Gasteiger partial charge in [-0.3, -0.25) is 8.97 Å². The van der Waals surface area contributed by atoms with Gasteiger partial charge in [0.05, 0.1) is 11.1 Å². The number of ether oxygens (including phenoxy) is 2. The first-order valence-corrected chi connectivity index (χ1v) is 14.6. The van der Waals surface area contributed by atoms with E-state index >= 15 is 0 Å². The lowest BCUT2D eigenvalue weighted by molar-refractivity contribution is 0.0164. The molecule has 42 heavy (non-hydrogen) atoms. The largest absolute Gasteiger partial charge is 0.444 e. The number of nitrogens with zero attached hydrogens (tertiary/aromatic N) is 5. The fourth-order valence-corrected chi connectivity index (χ4v) is 5.62. The Morgan fingerprint density at radius 3 is 2.43 bits per heavy atom. The third-order valence-electron chi connectivity index (χ3n) is 6.86. The smallest absolute Gasteiger partial charge is 0.419 e. The number of rotatable bonds is 3. The molecular weight excluding hydrogens is 579 g/mol. The average Bonchev–Trinajstić information content (AvgIpc) is 3.49. The van der Waals surface area contributed by atoms with E-state index in [9.17, 15) is 9.59 Å². The van der Waals surface area contributed by atoms with Gasteiger partial charge in [0.15, 0.2) is 11.5 Å². The highest BCUT2D eigenvalue weighted by molar-refractivity contribution is 6.33. The number of fused-ring (bicyclic) bond motifs is 2. The third kappa shape index (κ3) is 6.15. The summed E-state index contributed by atoms with van der Waals surface area (Å²) in [7, 11) is 0. The van der Waals surface area contributed by atoms with Crippen LogP contribution < -0.4 is 5.32 Å². The van der Waals surface area contributed by atoms with Crippen LogP contribution in [-0.4, -0.2) is 65.9 Å². The number of piperidine rings is 1. The maximum Gasteiger partial charge on any atom is 0.419 e. The topological polar surface area (TPSA) is 103 Å². The molecule has 5 rings (SSSR count). The molecule has 1 aromatic carbocycles. The van der Waals surface area contributed by atoms with Gasteiger partial charge in [-0.05, 0) is 73.4 Å². The maximum atomic E-state index is 13.2. The van der Waals surface area contributed by atoms with Crippen LogP contribution in [0.15, 0.2) is 36.8 Å². The molecule has 0 spiro atoms. The van der Waals surface area contributed by atoms with E-state index in [4.69, 9.17) is 37.7 Å². The Kier molecular flexibility index (Phi) is 7.60. The number of benzene rings is 1. The van der Waals surface area contributed by atoms with Crippen LogP contribution in [0, 0.1) is 0 Å². The van der Waals surface area contributed by atoms with Crippen molar-refractivity contribution in [1.82, 2.24) is 23.8 Å². The van der Waals surface area contributed by atoms with Crippen molar-refractivity contribution in [2.75, 3.05) is 18.4 Å². The molecule has 0 bridgehead atoms. The van der Waals surface area contributed by atoms with Gasteiger partial charge in [0.1, 0.15) is 22.0 Å². The van der Waals surface area contributed by atoms with Gasteiger partial charge in [-0.1, -0.05) is 29.3 Å². The van der Waals surface area contributed by atoms with Gasteiger partial charge in [-0.2, -0.15) is 0 Å². The number of likely N-dealkylation sites (tertiary alicyclic amines) is 1. The summed E-state index contributed by atoms with van der Waals surface area (Å²) in [4.78, 5) is 37.3. The van der Waals surface area contributed by atoms with Gasteiger partial charge in [-0.15, -0.1) is 0 Å². The molecule has 1 N–H and O–H groups in total. The molecule has 0 saturated carbocycles. The number of aromatic nitrogens is 4. The number of anilines is 1. The quantitative estimate of drug-likeness (QED) is 0.253. The van der Waals surface area contributed by atoms with E-state index in [-0.39, 0.29) is 6.09 Å². The fourth-order valence-electron chi connectivity index (χ4n) is 5.17. The number of hydrogen-bond acceptors (Lipinski definition) is 7. The SMILES string of the molecule is CC(C)(C)OC(=O)N1CCC[C@@](C)(Nc2nc(-c3cn(C(=O)OC(C)(C)C)c4cc(Cl)ccc34)c(Cl)n3ccnc23)C1. The summed E-state index contributed by atoms with van der Waals surface area (Å²) in [6.45, 7) is 14.1.